The van der Waals surface area contributed by atoms with Crippen molar-refractivity contribution < 1.29 is 14.6 Å². The van der Waals surface area contributed by atoms with Crippen LogP contribution in [0.25, 0.3) is 0 Å². The van der Waals surface area contributed by atoms with E-state index in [4.69, 9.17) is 9.47 Å². The molecule has 3 fully saturated rings. The maximum absolute atomic E-state index is 9.73. The van der Waals surface area contributed by atoms with Crippen LogP contribution >= 0.6 is 0 Å². The SMILES string of the molecule is O[C@@H]1CC[C@H]2[C@@H]1CCC21OCCO1. The van der Waals surface area contributed by atoms with Gasteiger partial charge < -0.3 is 14.6 Å². The molecule has 2 aliphatic carbocycles. The van der Waals surface area contributed by atoms with Gasteiger partial charge in [0.25, 0.3) is 0 Å². The molecule has 0 radical (unpaired) electrons. The fraction of sp³-hybridized carbons (Fsp3) is 1.00. The van der Waals surface area contributed by atoms with Crippen molar-refractivity contribution in [1.82, 2.24) is 0 Å². The van der Waals surface area contributed by atoms with Crippen molar-refractivity contribution in [3.8, 4) is 0 Å². The van der Waals surface area contributed by atoms with Gasteiger partial charge in [-0.15, -0.1) is 0 Å². The Morgan fingerprint density at radius 2 is 1.85 bits per heavy atom. The van der Waals surface area contributed by atoms with Gasteiger partial charge >= 0.3 is 0 Å². The quantitative estimate of drug-likeness (QED) is 0.608. The van der Waals surface area contributed by atoms with Crippen LogP contribution in [0.15, 0.2) is 0 Å². The molecular weight excluding hydrogens is 168 g/mol. The number of aliphatic hydroxyl groups excluding tert-OH is 1. The summed E-state index contributed by atoms with van der Waals surface area (Å²) < 4.78 is 11.5. The Morgan fingerprint density at radius 1 is 1.08 bits per heavy atom. The smallest absolute Gasteiger partial charge is 0.171 e. The van der Waals surface area contributed by atoms with Gasteiger partial charge in [-0.1, -0.05) is 0 Å². The summed E-state index contributed by atoms with van der Waals surface area (Å²) in [6.07, 6.45) is 3.97. The molecule has 1 heterocycles. The van der Waals surface area contributed by atoms with Crippen molar-refractivity contribution in [3.63, 3.8) is 0 Å². The molecule has 3 nitrogen and oxygen atoms in total. The van der Waals surface area contributed by atoms with E-state index in [9.17, 15) is 5.11 Å². The molecule has 3 rings (SSSR count). The second kappa shape index (κ2) is 2.69. The Balaban J connectivity index is 1.85. The second-order valence-corrected chi connectivity index (χ2v) is 4.46. The highest BCUT2D eigenvalue weighted by atomic mass is 16.7. The zero-order valence-electron chi connectivity index (χ0n) is 7.74. The number of hydrogen-bond donors (Lipinski definition) is 1. The molecule has 3 atom stereocenters. The van der Waals surface area contributed by atoms with Crippen LogP contribution < -0.4 is 0 Å². The van der Waals surface area contributed by atoms with E-state index in [1.165, 1.54) is 0 Å². The molecule has 0 amide bonds. The van der Waals surface area contributed by atoms with Crippen LogP contribution in [-0.4, -0.2) is 30.2 Å². The molecule has 1 saturated heterocycles. The molecule has 0 unspecified atom stereocenters. The number of rotatable bonds is 0. The zero-order chi connectivity index (χ0) is 8.89. The Morgan fingerprint density at radius 3 is 2.62 bits per heavy atom. The lowest BCUT2D eigenvalue weighted by atomic mass is 9.96. The topological polar surface area (TPSA) is 38.7 Å². The van der Waals surface area contributed by atoms with E-state index < -0.39 is 0 Å². The van der Waals surface area contributed by atoms with Gasteiger partial charge in [0.2, 0.25) is 0 Å². The summed E-state index contributed by atoms with van der Waals surface area (Å²) >= 11 is 0. The summed E-state index contributed by atoms with van der Waals surface area (Å²) in [6.45, 7) is 1.47. The minimum atomic E-state index is -0.290. The maximum atomic E-state index is 9.73. The number of ether oxygens (including phenoxy) is 2. The van der Waals surface area contributed by atoms with Crippen molar-refractivity contribution in [2.24, 2.45) is 11.8 Å². The van der Waals surface area contributed by atoms with Crippen molar-refractivity contribution in [1.29, 1.82) is 0 Å². The summed E-state index contributed by atoms with van der Waals surface area (Å²) in [5.41, 5.74) is 0. The van der Waals surface area contributed by atoms with Crippen molar-refractivity contribution in [2.45, 2.75) is 37.6 Å². The average Bonchev–Trinajstić information content (AvgIpc) is 2.76. The predicted octanol–water partition coefficient (Wildman–Crippen LogP) is 0.910. The highest BCUT2D eigenvalue weighted by molar-refractivity contribution is 5.00. The van der Waals surface area contributed by atoms with Crippen molar-refractivity contribution in [2.75, 3.05) is 13.2 Å². The van der Waals surface area contributed by atoms with E-state index in [2.05, 4.69) is 0 Å². The molecule has 3 heteroatoms. The van der Waals surface area contributed by atoms with Crippen molar-refractivity contribution in [3.05, 3.63) is 0 Å². The molecular formula is C10H16O3. The number of aliphatic hydroxyl groups is 1. The third-order valence-electron chi connectivity index (χ3n) is 3.95. The van der Waals surface area contributed by atoms with Gasteiger partial charge in [-0.05, 0) is 25.2 Å². The van der Waals surface area contributed by atoms with E-state index in [-0.39, 0.29) is 11.9 Å². The fourth-order valence-corrected chi connectivity index (χ4v) is 3.37. The summed E-state index contributed by atoms with van der Waals surface area (Å²) in [5, 5.41) is 9.73. The first-order valence-corrected chi connectivity index (χ1v) is 5.28. The lowest BCUT2D eigenvalue weighted by Crippen LogP contribution is -2.35. The lowest BCUT2D eigenvalue weighted by Gasteiger charge is -2.28. The largest absolute Gasteiger partial charge is 0.393 e. The normalized spacial score (nSPS) is 47.3. The van der Waals surface area contributed by atoms with Crippen LogP contribution in [0.5, 0.6) is 0 Å². The molecule has 0 aromatic rings. The third kappa shape index (κ3) is 1.01. The first-order valence-electron chi connectivity index (χ1n) is 5.28. The van der Waals surface area contributed by atoms with Crippen LogP contribution in [-0.2, 0) is 9.47 Å². The van der Waals surface area contributed by atoms with E-state index in [0.717, 1.165) is 38.9 Å². The number of hydrogen-bond acceptors (Lipinski definition) is 3. The van der Waals surface area contributed by atoms with Crippen LogP contribution in [0, 0.1) is 11.8 Å². The molecule has 0 aromatic carbocycles. The molecule has 3 aliphatic rings. The zero-order valence-corrected chi connectivity index (χ0v) is 7.74. The van der Waals surface area contributed by atoms with Gasteiger partial charge in [0.05, 0.1) is 19.3 Å². The van der Waals surface area contributed by atoms with Gasteiger partial charge in [-0.25, -0.2) is 0 Å². The highest BCUT2D eigenvalue weighted by Gasteiger charge is 2.56. The Bertz CT molecular complexity index is 210. The standard InChI is InChI=1S/C10H16O3/c11-9-2-1-8-7(9)3-4-10(8)12-5-6-13-10/h7-9,11H,1-6H2/t7-,8-,9+/m0/s1. The minimum Gasteiger partial charge on any atom is -0.393 e. The second-order valence-electron chi connectivity index (χ2n) is 4.46. The van der Waals surface area contributed by atoms with E-state index >= 15 is 0 Å². The minimum absolute atomic E-state index is 0.0998. The molecule has 1 spiro atoms. The highest BCUT2D eigenvalue weighted by Crippen LogP contribution is 2.53. The monoisotopic (exact) mass is 184 g/mol. The van der Waals surface area contributed by atoms with Gasteiger partial charge in [-0.2, -0.15) is 0 Å². The molecule has 74 valence electrons. The van der Waals surface area contributed by atoms with Gasteiger partial charge in [0.15, 0.2) is 5.79 Å². The van der Waals surface area contributed by atoms with Crippen LogP contribution in [0.2, 0.25) is 0 Å². The van der Waals surface area contributed by atoms with Gasteiger partial charge in [-0.3, -0.25) is 0 Å². The summed E-state index contributed by atoms with van der Waals surface area (Å²) in [6, 6.07) is 0. The van der Waals surface area contributed by atoms with Crippen LogP contribution in [0.1, 0.15) is 25.7 Å². The van der Waals surface area contributed by atoms with Crippen LogP contribution in [0.3, 0.4) is 0 Å². The molecule has 1 N–H and O–H groups in total. The first kappa shape index (κ1) is 8.21. The first-order chi connectivity index (χ1) is 6.32. The Kier molecular flexibility index (Phi) is 1.70. The van der Waals surface area contributed by atoms with E-state index in [1.807, 2.05) is 0 Å². The average molecular weight is 184 g/mol. The van der Waals surface area contributed by atoms with Gasteiger partial charge in [0, 0.05) is 12.3 Å². The Labute approximate surface area is 78.0 Å². The number of fused-ring (bicyclic) bond motifs is 2. The molecule has 13 heavy (non-hydrogen) atoms. The Hall–Kier alpha value is -0.120. The van der Waals surface area contributed by atoms with E-state index in [0.29, 0.717) is 11.8 Å². The fourth-order valence-electron chi connectivity index (χ4n) is 3.37. The summed E-state index contributed by atoms with van der Waals surface area (Å²) in [4.78, 5) is 0. The molecule has 0 bridgehead atoms. The maximum Gasteiger partial charge on any atom is 0.171 e. The molecule has 1 aliphatic heterocycles. The lowest BCUT2D eigenvalue weighted by molar-refractivity contribution is -0.184. The third-order valence-corrected chi connectivity index (χ3v) is 3.95. The molecule has 0 aromatic heterocycles. The van der Waals surface area contributed by atoms with Gasteiger partial charge in [0.1, 0.15) is 0 Å². The summed E-state index contributed by atoms with van der Waals surface area (Å²) in [5.74, 6) is 0.616. The van der Waals surface area contributed by atoms with Crippen LogP contribution in [0.4, 0.5) is 0 Å². The predicted molar refractivity (Wildman–Crippen MR) is 46.1 cm³/mol. The summed E-state index contributed by atoms with van der Waals surface area (Å²) in [7, 11) is 0. The van der Waals surface area contributed by atoms with E-state index in [1.54, 1.807) is 0 Å². The molecule has 2 saturated carbocycles. The van der Waals surface area contributed by atoms with Crippen molar-refractivity contribution >= 4 is 0 Å².